The summed E-state index contributed by atoms with van der Waals surface area (Å²) in [6, 6.07) is 13.5. The second-order valence-corrected chi connectivity index (χ2v) is 9.44. The molecule has 2 aliphatic heterocycles. The first-order chi connectivity index (χ1) is 17.1. The third-order valence-electron chi connectivity index (χ3n) is 7.20. The third kappa shape index (κ3) is 3.91. The number of rotatable bonds is 6. The minimum atomic E-state index is -0.0425. The van der Waals surface area contributed by atoms with Crippen LogP contribution in [0, 0.1) is 0 Å². The fraction of sp³-hybridized carbons (Fsp3) is 0.321. The van der Waals surface area contributed by atoms with Crippen LogP contribution in [0.1, 0.15) is 63.1 Å². The summed E-state index contributed by atoms with van der Waals surface area (Å²) in [5.41, 5.74) is 5.04. The third-order valence-corrected chi connectivity index (χ3v) is 7.20. The molecule has 178 valence electrons. The number of carbonyl (C=O) groups excluding carboxylic acids is 2. The van der Waals surface area contributed by atoms with Crippen molar-refractivity contribution in [3.63, 3.8) is 0 Å². The number of methoxy groups -OCH3 is 1. The Balaban J connectivity index is 1.21. The number of carbonyl (C=O) groups is 2. The Labute approximate surface area is 204 Å². The Bertz CT molecular complexity index is 1320. The molecule has 1 saturated carbocycles. The molecule has 0 atom stereocenters. The van der Waals surface area contributed by atoms with E-state index in [9.17, 15) is 9.59 Å². The Kier molecular flexibility index (Phi) is 5.40. The van der Waals surface area contributed by atoms with Crippen LogP contribution >= 0.6 is 0 Å². The van der Waals surface area contributed by atoms with Gasteiger partial charge in [0, 0.05) is 42.8 Å². The van der Waals surface area contributed by atoms with Crippen molar-refractivity contribution in [3.05, 3.63) is 82.7 Å². The van der Waals surface area contributed by atoms with Crippen LogP contribution < -0.4 is 14.4 Å². The number of pyridine rings is 1. The lowest BCUT2D eigenvalue weighted by molar-refractivity contribution is 0.0766. The van der Waals surface area contributed by atoms with Crippen LogP contribution in [-0.2, 0) is 19.6 Å². The summed E-state index contributed by atoms with van der Waals surface area (Å²) in [6.07, 6.45) is 7.99. The molecule has 35 heavy (non-hydrogen) atoms. The molecule has 2 amide bonds. The van der Waals surface area contributed by atoms with Gasteiger partial charge in [0.15, 0.2) is 11.5 Å². The maximum absolute atomic E-state index is 13.4. The van der Waals surface area contributed by atoms with Crippen LogP contribution in [0.15, 0.2) is 54.9 Å². The number of fused-ring (bicyclic) bond motifs is 2. The molecule has 1 fully saturated rings. The molecule has 3 heterocycles. The number of benzene rings is 2. The van der Waals surface area contributed by atoms with Gasteiger partial charge >= 0.3 is 0 Å². The average molecular weight is 470 g/mol. The number of anilines is 1. The van der Waals surface area contributed by atoms with Gasteiger partial charge in [0.05, 0.1) is 25.3 Å². The predicted octanol–water partition coefficient (Wildman–Crippen LogP) is 4.73. The van der Waals surface area contributed by atoms with Gasteiger partial charge in [-0.05, 0) is 66.6 Å². The highest BCUT2D eigenvalue weighted by Gasteiger charge is 2.31. The number of nitrogens with zero attached hydrogens (tertiary/aromatic N) is 3. The molecule has 0 saturated heterocycles. The van der Waals surface area contributed by atoms with E-state index in [4.69, 9.17) is 9.47 Å². The highest BCUT2D eigenvalue weighted by molar-refractivity contribution is 6.10. The molecule has 0 bridgehead atoms. The Morgan fingerprint density at radius 2 is 1.74 bits per heavy atom. The van der Waals surface area contributed by atoms with E-state index in [1.165, 1.54) is 12.8 Å². The molecule has 3 aromatic rings. The molecule has 6 rings (SSSR count). The average Bonchev–Trinajstić information content (AvgIpc) is 3.59. The van der Waals surface area contributed by atoms with Gasteiger partial charge in [0.25, 0.3) is 11.8 Å². The normalized spacial score (nSPS) is 17.2. The number of hydrogen-bond donors (Lipinski definition) is 0. The van der Waals surface area contributed by atoms with Crippen LogP contribution in [0.5, 0.6) is 11.5 Å². The Morgan fingerprint density at radius 1 is 0.914 bits per heavy atom. The zero-order valence-electron chi connectivity index (χ0n) is 19.7. The molecule has 2 aromatic carbocycles. The van der Waals surface area contributed by atoms with Crippen LogP contribution in [-0.4, -0.2) is 34.9 Å². The second kappa shape index (κ2) is 8.73. The van der Waals surface area contributed by atoms with E-state index in [-0.39, 0.29) is 17.9 Å². The second-order valence-electron chi connectivity index (χ2n) is 9.44. The molecule has 0 spiro atoms. The van der Waals surface area contributed by atoms with Gasteiger partial charge < -0.3 is 19.3 Å². The minimum absolute atomic E-state index is 0.0189. The van der Waals surface area contributed by atoms with Crippen molar-refractivity contribution in [3.8, 4) is 11.5 Å². The fourth-order valence-electron chi connectivity index (χ4n) is 5.32. The molecule has 0 unspecified atom stereocenters. The number of hydrogen-bond acceptors (Lipinski definition) is 5. The highest BCUT2D eigenvalue weighted by atomic mass is 16.5. The Morgan fingerprint density at radius 3 is 2.54 bits per heavy atom. The zero-order valence-corrected chi connectivity index (χ0v) is 19.7. The SMILES string of the molecule is COc1ccc(N2Cc3ccc(CN4Cc5ccncc5C4=O)cc3C2=O)cc1OC1CCCC1. The fourth-order valence-corrected chi connectivity index (χ4v) is 5.32. The minimum Gasteiger partial charge on any atom is -0.493 e. The van der Waals surface area contributed by atoms with E-state index in [1.807, 2.05) is 42.5 Å². The molecule has 7 nitrogen and oxygen atoms in total. The molecule has 7 heteroatoms. The van der Waals surface area contributed by atoms with Crippen molar-refractivity contribution in [1.82, 2.24) is 9.88 Å². The summed E-state index contributed by atoms with van der Waals surface area (Å²) in [6.45, 7) is 1.52. The quantitative estimate of drug-likeness (QED) is 0.522. The van der Waals surface area contributed by atoms with Crippen molar-refractivity contribution >= 4 is 17.5 Å². The summed E-state index contributed by atoms with van der Waals surface area (Å²) in [4.78, 5) is 33.8. The molecular formula is C28H27N3O4. The topological polar surface area (TPSA) is 72.0 Å². The lowest BCUT2D eigenvalue weighted by Crippen LogP contribution is -2.24. The van der Waals surface area contributed by atoms with Gasteiger partial charge in [-0.2, -0.15) is 0 Å². The lowest BCUT2D eigenvalue weighted by Gasteiger charge is -2.20. The highest BCUT2D eigenvalue weighted by Crippen LogP contribution is 2.38. The van der Waals surface area contributed by atoms with Crippen LogP contribution in [0.4, 0.5) is 5.69 Å². The van der Waals surface area contributed by atoms with Crippen LogP contribution in [0.3, 0.4) is 0 Å². The first kappa shape index (κ1) is 21.6. The van der Waals surface area contributed by atoms with E-state index in [0.717, 1.165) is 35.2 Å². The van der Waals surface area contributed by atoms with Crippen LogP contribution in [0.25, 0.3) is 0 Å². The van der Waals surface area contributed by atoms with Gasteiger partial charge in [-0.3, -0.25) is 14.6 Å². The number of amides is 2. The monoisotopic (exact) mass is 469 g/mol. The summed E-state index contributed by atoms with van der Waals surface area (Å²) in [7, 11) is 1.63. The Hall–Kier alpha value is -3.87. The first-order valence-electron chi connectivity index (χ1n) is 12.1. The standard InChI is InChI=1S/C28H27N3O4/c1-34-25-9-8-21(13-26(25)35-22-4-2-3-5-22)31-17-19-7-6-18(12-23(19)28(31)33)15-30-16-20-10-11-29-14-24(20)27(30)32/h6-14,22H,2-5,15-17H2,1H3. The van der Waals surface area contributed by atoms with Gasteiger partial charge in [-0.15, -0.1) is 0 Å². The van der Waals surface area contributed by atoms with Crippen LogP contribution in [0.2, 0.25) is 0 Å². The van der Waals surface area contributed by atoms with E-state index in [1.54, 1.807) is 29.3 Å². The zero-order chi connectivity index (χ0) is 23.9. The van der Waals surface area contributed by atoms with Gasteiger partial charge in [-0.25, -0.2) is 0 Å². The summed E-state index contributed by atoms with van der Waals surface area (Å²) < 4.78 is 11.7. The molecule has 1 aromatic heterocycles. The largest absolute Gasteiger partial charge is 0.493 e. The van der Waals surface area contributed by atoms with E-state index < -0.39 is 0 Å². The maximum Gasteiger partial charge on any atom is 0.258 e. The number of aromatic nitrogens is 1. The maximum atomic E-state index is 13.4. The van der Waals surface area contributed by atoms with Gasteiger partial charge in [0.1, 0.15) is 0 Å². The van der Waals surface area contributed by atoms with Crippen molar-refractivity contribution in [2.75, 3.05) is 12.0 Å². The lowest BCUT2D eigenvalue weighted by atomic mass is 10.1. The predicted molar refractivity (Wildman–Crippen MR) is 131 cm³/mol. The first-order valence-corrected chi connectivity index (χ1v) is 12.1. The van der Waals surface area contributed by atoms with Crippen molar-refractivity contribution in [2.45, 2.75) is 51.4 Å². The molecule has 0 N–H and O–H groups in total. The van der Waals surface area contributed by atoms with Crippen molar-refractivity contribution in [2.24, 2.45) is 0 Å². The molecule has 1 aliphatic carbocycles. The molecular weight excluding hydrogens is 442 g/mol. The summed E-state index contributed by atoms with van der Waals surface area (Å²) in [5, 5.41) is 0. The molecule has 3 aliphatic rings. The van der Waals surface area contributed by atoms with Crippen molar-refractivity contribution in [1.29, 1.82) is 0 Å². The van der Waals surface area contributed by atoms with Crippen molar-refractivity contribution < 1.29 is 19.1 Å². The van der Waals surface area contributed by atoms with E-state index >= 15 is 0 Å². The smallest absolute Gasteiger partial charge is 0.258 e. The number of ether oxygens (including phenoxy) is 2. The summed E-state index contributed by atoms with van der Waals surface area (Å²) >= 11 is 0. The van der Waals surface area contributed by atoms with E-state index in [0.29, 0.717) is 42.3 Å². The van der Waals surface area contributed by atoms with Gasteiger partial charge in [0.2, 0.25) is 0 Å². The molecule has 0 radical (unpaired) electrons. The summed E-state index contributed by atoms with van der Waals surface area (Å²) in [5.74, 6) is 1.30. The van der Waals surface area contributed by atoms with E-state index in [2.05, 4.69) is 4.98 Å². The van der Waals surface area contributed by atoms with Gasteiger partial charge in [-0.1, -0.05) is 12.1 Å².